The number of halogens is 2. The number of hydrogen-bond donors (Lipinski definition) is 1. The van der Waals surface area contributed by atoms with Gasteiger partial charge in [-0.3, -0.25) is 4.90 Å². The van der Waals surface area contributed by atoms with Gasteiger partial charge >= 0.3 is 0 Å². The molecule has 0 saturated carbocycles. The lowest BCUT2D eigenvalue weighted by atomic mass is 9.99. The predicted molar refractivity (Wildman–Crippen MR) is 82.5 cm³/mol. The quantitative estimate of drug-likeness (QED) is 0.615. The van der Waals surface area contributed by atoms with Crippen LogP contribution in [0.15, 0.2) is 12.1 Å². The number of hydrogen-bond acceptors (Lipinski definition) is 3. The van der Waals surface area contributed by atoms with Crippen molar-refractivity contribution in [2.45, 2.75) is 19.4 Å². The first kappa shape index (κ1) is 13.9. The highest BCUT2D eigenvalue weighted by Crippen LogP contribution is 2.31. The summed E-state index contributed by atoms with van der Waals surface area (Å²) in [6.45, 7) is 7.08. The molecule has 0 radical (unpaired) electrons. The van der Waals surface area contributed by atoms with Crippen LogP contribution < -0.4 is 10.6 Å². The van der Waals surface area contributed by atoms with Crippen LogP contribution in [0.2, 0.25) is 0 Å². The Labute approximate surface area is 121 Å². The van der Waals surface area contributed by atoms with Crippen LogP contribution in [0.25, 0.3) is 0 Å². The zero-order valence-electron chi connectivity index (χ0n) is 11.0. The maximum absolute atomic E-state index is 13.7. The van der Waals surface area contributed by atoms with E-state index in [9.17, 15) is 4.39 Å². The Hall–Kier alpha value is -0.560. The average molecular weight is 363 g/mol. The van der Waals surface area contributed by atoms with Gasteiger partial charge < -0.3 is 10.6 Å². The fourth-order valence-electron chi connectivity index (χ4n) is 2.27. The van der Waals surface area contributed by atoms with Crippen molar-refractivity contribution in [3.8, 4) is 0 Å². The molecular formula is C13H19FIN3. The van der Waals surface area contributed by atoms with Crippen LogP contribution in [0.3, 0.4) is 0 Å². The van der Waals surface area contributed by atoms with Crippen molar-refractivity contribution < 1.29 is 4.39 Å². The number of anilines is 2. The van der Waals surface area contributed by atoms with E-state index in [2.05, 4.69) is 30.7 Å². The fourth-order valence-corrected chi connectivity index (χ4v) is 2.76. The van der Waals surface area contributed by atoms with Crippen molar-refractivity contribution >= 4 is 34.0 Å². The topological polar surface area (TPSA) is 32.5 Å². The number of piperazine rings is 1. The first-order valence-corrected chi connectivity index (χ1v) is 7.10. The zero-order chi connectivity index (χ0) is 13.5. The summed E-state index contributed by atoms with van der Waals surface area (Å²) in [4.78, 5) is 4.50. The van der Waals surface area contributed by atoms with Crippen LogP contribution in [-0.4, -0.2) is 37.1 Å². The van der Waals surface area contributed by atoms with E-state index >= 15 is 0 Å². The van der Waals surface area contributed by atoms with E-state index in [0.717, 1.165) is 25.3 Å². The van der Waals surface area contributed by atoms with E-state index in [1.165, 1.54) is 0 Å². The van der Waals surface area contributed by atoms with Crippen LogP contribution in [0.1, 0.15) is 13.8 Å². The standard InChI is InChI=1S/C13H19FIN3/c1-13(2)8-18(5-4-17(13)3)12-6-9(14)10(15)7-11(12)16/h6-7H,4-5,8,16H2,1-3H3. The van der Waals surface area contributed by atoms with Gasteiger partial charge in [0.25, 0.3) is 0 Å². The summed E-state index contributed by atoms with van der Waals surface area (Å²) in [6.07, 6.45) is 0. The van der Waals surface area contributed by atoms with Gasteiger partial charge in [0.15, 0.2) is 0 Å². The number of nitrogens with zero attached hydrogens (tertiary/aromatic N) is 2. The van der Waals surface area contributed by atoms with Crippen molar-refractivity contribution in [2.75, 3.05) is 37.3 Å². The second kappa shape index (κ2) is 4.85. The van der Waals surface area contributed by atoms with E-state index in [-0.39, 0.29) is 11.4 Å². The molecule has 1 aliphatic rings. The van der Waals surface area contributed by atoms with Crippen LogP contribution in [-0.2, 0) is 0 Å². The van der Waals surface area contributed by atoms with Crippen molar-refractivity contribution in [1.82, 2.24) is 4.90 Å². The number of likely N-dealkylation sites (N-methyl/N-ethyl adjacent to an activating group) is 1. The summed E-state index contributed by atoms with van der Waals surface area (Å²) >= 11 is 1.97. The first-order valence-electron chi connectivity index (χ1n) is 6.02. The summed E-state index contributed by atoms with van der Waals surface area (Å²) in [7, 11) is 2.12. The third kappa shape index (κ3) is 2.56. The zero-order valence-corrected chi connectivity index (χ0v) is 13.2. The summed E-state index contributed by atoms with van der Waals surface area (Å²) < 4.78 is 14.3. The van der Waals surface area contributed by atoms with Crippen molar-refractivity contribution in [3.05, 3.63) is 21.5 Å². The molecule has 1 aliphatic heterocycles. The Morgan fingerprint density at radius 1 is 1.33 bits per heavy atom. The highest BCUT2D eigenvalue weighted by atomic mass is 127. The molecule has 0 amide bonds. The molecule has 2 rings (SSSR count). The first-order chi connectivity index (χ1) is 8.31. The molecule has 0 spiro atoms. The predicted octanol–water partition coefficient (Wildman–Crippen LogP) is 2.54. The van der Waals surface area contributed by atoms with Gasteiger partial charge in [-0.25, -0.2) is 4.39 Å². The maximum atomic E-state index is 13.7. The molecule has 0 bridgehead atoms. The fraction of sp³-hybridized carbons (Fsp3) is 0.538. The monoisotopic (exact) mass is 363 g/mol. The van der Waals surface area contributed by atoms with Crippen LogP contribution in [0, 0.1) is 9.39 Å². The molecule has 0 aliphatic carbocycles. The molecule has 0 unspecified atom stereocenters. The Balaban J connectivity index is 2.30. The van der Waals surface area contributed by atoms with Gasteiger partial charge in [0.2, 0.25) is 0 Å². The number of nitrogen functional groups attached to an aromatic ring is 1. The minimum absolute atomic E-state index is 0.0736. The Morgan fingerprint density at radius 2 is 2.00 bits per heavy atom. The minimum Gasteiger partial charge on any atom is -0.397 e. The Kier molecular flexibility index (Phi) is 3.73. The molecule has 5 heteroatoms. The van der Waals surface area contributed by atoms with Gasteiger partial charge in [-0.1, -0.05) is 0 Å². The van der Waals surface area contributed by atoms with Crippen molar-refractivity contribution in [3.63, 3.8) is 0 Å². The largest absolute Gasteiger partial charge is 0.397 e. The molecule has 0 atom stereocenters. The maximum Gasteiger partial charge on any atom is 0.138 e. The van der Waals surface area contributed by atoms with E-state index in [1.807, 2.05) is 22.6 Å². The molecule has 1 aromatic rings. The van der Waals surface area contributed by atoms with Crippen LogP contribution >= 0.6 is 22.6 Å². The Morgan fingerprint density at radius 3 is 2.61 bits per heavy atom. The van der Waals surface area contributed by atoms with Crippen LogP contribution in [0.5, 0.6) is 0 Å². The molecule has 1 heterocycles. The summed E-state index contributed by atoms with van der Waals surface area (Å²) in [5.41, 5.74) is 7.56. The van der Waals surface area contributed by atoms with Crippen molar-refractivity contribution in [1.29, 1.82) is 0 Å². The molecule has 2 N–H and O–H groups in total. The Bertz CT molecular complexity index is 462. The van der Waals surface area contributed by atoms with E-state index in [4.69, 9.17) is 5.73 Å². The highest BCUT2D eigenvalue weighted by molar-refractivity contribution is 14.1. The van der Waals surface area contributed by atoms with Gasteiger partial charge in [-0.05, 0) is 49.6 Å². The third-order valence-corrected chi connectivity index (χ3v) is 4.55. The van der Waals surface area contributed by atoms with Gasteiger partial charge in [0, 0.05) is 31.2 Å². The normalized spacial score (nSPS) is 20.2. The molecule has 1 fully saturated rings. The molecular weight excluding hydrogens is 344 g/mol. The van der Waals surface area contributed by atoms with E-state index in [1.54, 1.807) is 12.1 Å². The minimum atomic E-state index is -0.198. The molecule has 1 saturated heterocycles. The van der Waals surface area contributed by atoms with Gasteiger partial charge in [0.05, 0.1) is 14.9 Å². The smallest absolute Gasteiger partial charge is 0.138 e. The third-order valence-electron chi connectivity index (χ3n) is 3.73. The highest BCUT2D eigenvalue weighted by Gasteiger charge is 2.31. The molecule has 100 valence electrons. The lowest BCUT2D eigenvalue weighted by Crippen LogP contribution is -2.57. The van der Waals surface area contributed by atoms with Crippen LogP contribution in [0.4, 0.5) is 15.8 Å². The van der Waals surface area contributed by atoms with E-state index < -0.39 is 0 Å². The van der Waals surface area contributed by atoms with Gasteiger partial charge in [-0.2, -0.15) is 0 Å². The molecule has 1 aromatic carbocycles. The number of nitrogens with two attached hydrogens (primary N) is 1. The molecule has 18 heavy (non-hydrogen) atoms. The lowest BCUT2D eigenvalue weighted by Gasteiger charge is -2.46. The van der Waals surface area contributed by atoms with Gasteiger partial charge in [-0.15, -0.1) is 0 Å². The van der Waals surface area contributed by atoms with Crippen molar-refractivity contribution in [2.24, 2.45) is 0 Å². The second-order valence-electron chi connectivity index (χ2n) is 5.48. The molecule has 3 nitrogen and oxygen atoms in total. The lowest BCUT2D eigenvalue weighted by molar-refractivity contribution is 0.139. The number of benzene rings is 1. The summed E-state index contributed by atoms with van der Waals surface area (Å²) in [6, 6.07) is 3.26. The summed E-state index contributed by atoms with van der Waals surface area (Å²) in [5, 5.41) is 0. The number of rotatable bonds is 1. The SMILES string of the molecule is CN1CCN(c2cc(F)c(I)cc2N)CC1(C)C. The summed E-state index contributed by atoms with van der Waals surface area (Å²) in [5.74, 6) is -0.198. The van der Waals surface area contributed by atoms with Gasteiger partial charge in [0.1, 0.15) is 5.82 Å². The van der Waals surface area contributed by atoms with E-state index in [0.29, 0.717) is 9.26 Å². The average Bonchev–Trinajstić information content (AvgIpc) is 2.27. The molecule has 0 aromatic heterocycles. The second-order valence-corrected chi connectivity index (χ2v) is 6.64.